The number of likely N-dealkylation sites (tertiary alicyclic amines) is 1. The van der Waals surface area contributed by atoms with Crippen LogP contribution in [0.3, 0.4) is 0 Å². The van der Waals surface area contributed by atoms with Crippen LogP contribution in [-0.4, -0.2) is 93.9 Å². The molecule has 0 bridgehead atoms. The van der Waals surface area contributed by atoms with Gasteiger partial charge in [0, 0.05) is 37.4 Å². The molecule has 1 fully saturated rings. The van der Waals surface area contributed by atoms with Crippen molar-refractivity contribution < 1.29 is 38.2 Å². The number of carboxylic acid groups (broad SMARTS) is 1. The van der Waals surface area contributed by atoms with E-state index in [0.29, 0.717) is 23.5 Å². The first-order valence-electron chi connectivity index (χ1n) is 21.3. The first-order chi connectivity index (χ1) is 27.8. The van der Waals surface area contributed by atoms with Gasteiger partial charge >= 0.3 is 11.9 Å². The maximum absolute atomic E-state index is 14.9. The SMILES string of the molecule is CCCCCCN(C(=O)[C@@H](NC(=O)[C@H]1CCCCN1C)[C@@H](C)CC)[C@H](C[C@@H](OC(C)=O)c1nc(C(=O)NC(Cc2ccc(N)c(F)c2)CC(C)(C)C(=O)O)cs1)C(C)C. The second-order valence-corrected chi connectivity index (χ2v) is 18.2. The number of aliphatic carboxylic acids is 1. The van der Waals surface area contributed by atoms with Gasteiger partial charge in [0.25, 0.3) is 5.91 Å². The Labute approximate surface area is 354 Å². The van der Waals surface area contributed by atoms with Crippen LogP contribution < -0.4 is 16.4 Å². The average molecular weight is 845 g/mol. The Kier molecular flexibility index (Phi) is 19.2. The van der Waals surface area contributed by atoms with E-state index in [1.807, 2.05) is 39.6 Å². The van der Waals surface area contributed by atoms with Crippen molar-refractivity contribution >= 4 is 46.7 Å². The molecule has 3 amide bonds. The number of nitrogens with one attached hydrogen (secondary N) is 2. The average Bonchev–Trinajstić information content (AvgIpc) is 3.67. The highest BCUT2D eigenvalue weighted by molar-refractivity contribution is 7.09. The van der Waals surface area contributed by atoms with Crippen molar-refractivity contribution in [2.75, 3.05) is 25.9 Å². The summed E-state index contributed by atoms with van der Waals surface area (Å²) in [6.45, 7) is 15.8. The molecule has 0 saturated carbocycles. The molecule has 1 aromatic carbocycles. The zero-order valence-electron chi connectivity index (χ0n) is 36.6. The van der Waals surface area contributed by atoms with Gasteiger partial charge in [-0.3, -0.25) is 28.9 Å². The highest BCUT2D eigenvalue weighted by Gasteiger charge is 2.39. The molecule has 0 aliphatic carbocycles. The Morgan fingerprint density at radius 3 is 2.41 bits per heavy atom. The number of aromatic nitrogens is 1. The number of anilines is 1. The monoisotopic (exact) mass is 844 g/mol. The first kappa shape index (κ1) is 49.3. The molecule has 2 heterocycles. The van der Waals surface area contributed by atoms with E-state index in [1.165, 1.54) is 19.1 Å². The number of amides is 3. The molecule has 1 aliphatic heterocycles. The molecule has 1 saturated heterocycles. The number of esters is 1. The van der Waals surface area contributed by atoms with E-state index in [2.05, 4.69) is 27.4 Å². The molecule has 330 valence electrons. The van der Waals surface area contributed by atoms with E-state index in [0.717, 1.165) is 62.8 Å². The maximum Gasteiger partial charge on any atom is 0.309 e. The van der Waals surface area contributed by atoms with E-state index in [4.69, 9.17) is 10.5 Å². The highest BCUT2D eigenvalue weighted by atomic mass is 32.1. The van der Waals surface area contributed by atoms with Gasteiger partial charge in [-0.2, -0.15) is 0 Å². The van der Waals surface area contributed by atoms with E-state index in [1.54, 1.807) is 25.3 Å². The van der Waals surface area contributed by atoms with E-state index in [-0.39, 0.29) is 60.3 Å². The number of benzene rings is 1. The summed E-state index contributed by atoms with van der Waals surface area (Å²) in [5, 5.41) is 17.9. The zero-order chi connectivity index (χ0) is 44.0. The first-order valence-corrected chi connectivity index (χ1v) is 22.2. The van der Waals surface area contributed by atoms with Crippen molar-refractivity contribution in [1.82, 2.24) is 25.4 Å². The Bertz CT molecular complexity index is 1720. The topological polar surface area (TPSA) is 184 Å². The van der Waals surface area contributed by atoms with Crippen molar-refractivity contribution in [1.29, 1.82) is 0 Å². The second-order valence-electron chi connectivity index (χ2n) is 17.3. The van der Waals surface area contributed by atoms with Crippen LogP contribution in [0.4, 0.5) is 10.1 Å². The lowest BCUT2D eigenvalue weighted by Gasteiger charge is -2.40. The van der Waals surface area contributed by atoms with Gasteiger partial charge in [0.05, 0.1) is 17.1 Å². The minimum Gasteiger partial charge on any atom is -0.481 e. The summed E-state index contributed by atoms with van der Waals surface area (Å²) >= 11 is 1.15. The van der Waals surface area contributed by atoms with Gasteiger partial charge in [0.1, 0.15) is 22.6 Å². The summed E-state index contributed by atoms with van der Waals surface area (Å²) < 4.78 is 20.2. The number of halogens is 1. The molecule has 3 rings (SSSR count). The predicted molar refractivity (Wildman–Crippen MR) is 229 cm³/mol. The molecule has 1 unspecified atom stereocenters. The molecule has 0 spiro atoms. The summed E-state index contributed by atoms with van der Waals surface area (Å²) in [4.78, 5) is 75.6. The van der Waals surface area contributed by atoms with Crippen molar-refractivity contribution in [3.63, 3.8) is 0 Å². The van der Waals surface area contributed by atoms with Crippen molar-refractivity contribution in [3.05, 3.63) is 45.7 Å². The van der Waals surface area contributed by atoms with E-state index in [9.17, 15) is 33.5 Å². The molecule has 13 nitrogen and oxygen atoms in total. The number of likely N-dealkylation sites (N-methyl/N-ethyl adjacent to an activating group) is 1. The number of nitrogens with zero attached hydrogens (tertiary/aromatic N) is 3. The van der Waals surface area contributed by atoms with Crippen molar-refractivity contribution in [3.8, 4) is 0 Å². The summed E-state index contributed by atoms with van der Waals surface area (Å²) in [6.07, 6.45) is 6.61. The Balaban J connectivity index is 1.95. The molecule has 2 aromatic rings. The molecule has 1 aromatic heterocycles. The lowest BCUT2D eigenvalue weighted by atomic mass is 9.84. The minimum atomic E-state index is -1.22. The Morgan fingerprint density at radius 2 is 1.81 bits per heavy atom. The van der Waals surface area contributed by atoms with Gasteiger partial charge in [-0.25, -0.2) is 9.37 Å². The fourth-order valence-corrected chi connectivity index (χ4v) is 8.54. The van der Waals surface area contributed by atoms with Gasteiger partial charge in [0.15, 0.2) is 6.10 Å². The Hall–Kier alpha value is -4.11. The van der Waals surface area contributed by atoms with Crippen LogP contribution in [0.5, 0.6) is 0 Å². The predicted octanol–water partition coefficient (Wildman–Crippen LogP) is 7.15. The van der Waals surface area contributed by atoms with Gasteiger partial charge in [-0.1, -0.05) is 72.8 Å². The third-order valence-corrected chi connectivity index (χ3v) is 12.5. The fourth-order valence-electron chi connectivity index (χ4n) is 7.70. The summed E-state index contributed by atoms with van der Waals surface area (Å²) in [5.41, 5.74) is 5.00. The molecular weight excluding hydrogens is 776 g/mol. The number of thiazole rings is 1. The van der Waals surface area contributed by atoms with E-state index < -0.39 is 53.3 Å². The highest BCUT2D eigenvalue weighted by Crippen LogP contribution is 2.32. The number of carbonyl (C=O) groups excluding carboxylic acids is 4. The molecule has 0 radical (unpaired) electrons. The fraction of sp³-hybridized carbons (Fsp3) is 0.682. The van der Waals surface area contributed by atoms with Crippen LogP contribution in [0.2, 0.25) is 0 Å². The van der Waals surface area contributed by atoms with Gasteiger partial charge in [-0.15, -0.1) is 11.3 Å². The molecule has 1 aliphatic rings. The molecular formula is C44H69FN6O7S. The van der Waals surface area contributed by atoms with E-state index >= 15 is 0 Å². The number of rotatable bonds is 23. The van der Waals surface area contributed by atoms with Crippen LogP contribution in [0.1, 0.15) is 147 Å². The summed E-state index contributed by atoms with van der Waals surface area (Å²) in [6, 6.07) is 2.15. The zero-order valence-corrected chi connectivity index (χ0v) is 37.5. The lowest BCUT2D eigenvalue weighted by Crippen LogP contribution is -2.59. The summed E-state index contributed by atoms with van der Waals surface area (Å²) in [5.74, 6) is -3.31. The van der Waals surface area contributed by atoms with Crippen LogP contribution in [0, 0.1) is 23.1 Å². The van der Waals surface area contributed by atoms with Crippen molar-refractivity contribution in [2.24, 2.45) is 17.3 Å². The third-order valence-electron chi connectivity index (χ3n) is 11.6. The van der Waals surface area contributed by atoms with Crippen LogP contribution in [-0.2, 0) is 30.3 Å². The number of hydrogen-bond donors (Lipinski definition) is 4. The second kappa shape index (κ2) is 23.0. The molecule has 6 atom stereocenters. The molecule has 15 heteroatoms. The standard InChI is InChI=1S/C44H69FN6O7S/c1-10-12-13-15-21-51(42(55)38(28(5)11-2)49-40(54)35-17-14-16-20-50(35)9)36(27(3)4)24-37(58-29(6)52)41-48-34(26-59-41)39(53)47-31(25-44(7,8)43(56)57)22-30-18-19-33(46)32(45)23-30/h18-19,23,26-28,31,35-38H,10-17,20-22,24-25,46H2,1-9H3,(H,47,53)(H,49,54)(H,56,57)/t28-,31?,35+,36+,37+,38-/m0/s1. The van der Waals surface area contributed by atoms with Crippen LogP contribution in [0.15, 0.2) is 23.6 Å². The van der Waals surface area contributed by atoms with Gasteiger partial charge < -0.3 is 31.1 Å². The van der Waals surface area contributed by atoms with Crippen LogP contribution in [0.25, 0.3) is 0 Å². The third kappa shape index (κ3) is 14.5. The van der Waals surface area contributed by atoms with Gasteiger partial charge in [-0.05, 0) is 89.1 Å². The largest absolute Gasteiger partial charge is 0.481 e. The number of ether oxygens (including phenoxy) is 1. The number of unbranched alkanes of at least 4 members (excludes halogenated alkanes) is 3. The smallest absolute Gasteiger partial charge is 0.309 e. The maximum atomic E-state index is 14.9. The van der Waals surface area contributed by atoms with Crippen molar-refractivity contribution in [2.45, 2.75) is 156 Å². The summed E-state index contributed by atoms with van der Waals surface area (Å²) in [7, 11) is 1.95. The molecule has 5 N–H and O–H groups in total. The molecule has 59 heavy (non-hydrogen) atoms. The number of carboxylic acids is 1. The number of nitrogen functional groups attached to an aromatic ring is 1. The Morgan fingerprint density at radius 1 is 1.10 bits per heavy atom. The normalized spacial score (nSPS) is 17.4. The number of hydrogen-bond acceptors (Lipinski definition) is 10. The quantitative estimate of drug-likeness (QED) is 0.0509. The number of nitrogens with two attached hydrogens (primary N) is 1. The minimum absolute atomic E-state index is 0.0222. The van der Waals surface area contributed by atoms with Crippen LogP contribution >= 0.6 is 11.3 Å². The number of piperidine rings is 1. The van der Waals surface area contributed by atoms with Gasteiger partial charge in [0.2, 0.25) is 11.8 Å². The lowest BCUT2D eigenvalue weighted by molar-refractivity contribution is -0.150. The number of carbonyl (C=O) groups is 5.